The predicted molar refractivity (Wildman–Crippen MR) is 89.5 cm³/mol. The van der Waals surface area contributed by atoms with Gasteiger partial charge in [0.2, 0.25) is 0 Å². The lowest BCUT2D eigenvalue weighted by atomic mass is 10.1. The van der Waals surface area contributed by atoms with Gasteiger partial charge in [-0.3, -0.25) is 14.5 Å². The number of fused-ring (bicyclic) bond motifs is 2. The first-order valence-electron chi connectivity index (χ1n) is 8.32. The summed E-state index contributed by atoms with van der Waals surface area (Å²) in [5.74, 6) is 0.0536. The maximum absolute atomic E-state index is 11.9. The maximum atomic E-state index is 11.9. The lowest BCUT2D eigenvalue weighted by Crippen LogP contribution is -2.65. The van der Waals surface area contributed by atoms with E-state index in [0.717, 1.165) is 36.4 Å². The summed E-state index contributed by atoms with van der Waals surface area (Å²) in [6, 6.07) is 6.40. The number of hydrogen-bond donors (Lipinski definition) is 1. The minimum absolute atomic E-state index is 0.0535. The standard InChI is InChI=1S/C18H21N3O3/c1-11-5-13-7-15(24-16(13)6-12(11)2)10-20-3-4-21-14(9-20)8-19-17(22)18(21)23/h5-7,14H,3-4,8-10H2,1-2H3,(H,19,22)/t14-/m1/s1. The van der Waals surface area contributed by atoms with Gasteiger partial charge in [0.05, 0.1) is 12.6 Å². The molecule has 126 valence electrons. The largest absolute Gasteiger partial charge is 0.460 e. The van der Waals surface area contributed by atoms with E-state index in [1.807, 2.05) is 0 Å². The summed E-state index contributed by atoms with van der Waals surface area (Å²) >= 11 is 0. The van der Waals surface area contributed by atoms with Crippen molar-refractivity contribution in [2.45, 2.75) is 26.4 Å². The van der Waals surface area contributed by atoms with Crippen LogP contribution < -0.4 is 5.32 Å². The first kappa shape index (κ1) is 15.2. The van der Waals surface area contributed by atoms with Crippen LogP contribution in [0.5, 0.6) is 0 Å². The molecule has 4 rings (SSSR count). The van der Waals surface area contributed by atoms with Crippen LogP contribution in [0.15, 0.2) is 22.6 Å². The summed E-state index contributed by atoms with van der Waals surface area (Å²) < 4.78 is 5.99. The molecule has 3 heterocycles. The smallest absolute Gasteiger partial charge is 0.312 e. The number of benzene rings is 1. The maximum Gasteiger partial charge on any atom is 0.312 e. The number of nitrogens with zero attached hydrogens (tertiary/aromatic N) is 2. The molecule has 1 aromatic heterocycles. The van der Waals surface area contributed by atoms with Crippen LogP contribution in [0, 0.1) is 13.8 Å². The van der Waals surface area contributed by atoms with E-state index in [1.54, 1.807) is 4.90 Å². The molecule has 1 atom stereocenters. The van der Waals surface area contributed by atoms with E-state index in [4.69, 9.17) is 4.42 Å². The minimum Gasteiger partial charge on any atom is -0.460 e. The van der Waals surface area contributed by atoms with Gasteiger partial charge in [-0.2, -0.15) is 0 Å². The van der Waals surface area contributed by atoms with Gasteiger partial charge in [-0.05, 0) is 43.2 Å². The van der Waals surface area contributed by atoms with Crippen molar-refractivity contribution in [1.29, 1.82) is 0 Å². The van der Waals surface area contributed by atoms with Gasteiger partial charge in [-0.25, -0.2) is 0 Å². The normalized spacial score (nSPS) is 21.9. The molecule has 0 aliphatic carbocycles. The van der Waals surface area contributed by atoms with Gasteiger partial charge in [0, 0.05) is 31.6 Å². The first-order valence-corrected chi connectivity index (χ1v) is 8.32. The number of carbonyl (C=O) groups excluding carboxylic acids is 2. The average Bonchev–Trinajstić information content (AvgIpc) is 2.92. The lowest BCUT2D eigenvalue weighted by Gasteiger charge is -2.43. The minimum atomic E-state index is -0.484. The number of aryl methyl sites for hydroxylation is 2. The number of rotatable bonds is 2. The highest BCUT2D eigenvalue weighted by atomic mass is 16.3. The molecule has 2 aromatic rings. The molecule has 6 heteroatoms. The average molecular weight is 327 g/mol. The fourth-order valence-electron chi connectivity index (χ4n) is 3.58. The molecule has 2 aliphatic heterocycles. The second-order valence-corrected chi connectivity index (χ2v) is 6.78. The van der Waals surface area contributed by atoms with E-state index in [0.29, 0.717) is 13.1 Å². The van der Waals surface area contributed by atoms with Gasteiger partial charge in [0.1, 0.15) is 11.3 Å². The third-order valence-corrected chi connectivity index (χ3v) is 5.08. The zero-order valence-electron chi connectivity index (χ0n) is 14.0. The number of piperazine rings is 2. The molecule has 6 nitrogen and oxygen atoms in total. The highest BCUT2D eigenvalue weighted by molar-refractivity contribution is 6.35. The Morgan fingerprint density at radius 1 is 1.17 bits per heavy atom. The monoisotopic (exact) mass is 327 g/mol. The number of furan rings is 1. The molecule has 0 saturated carbocycles. The molecular formula is C18H21N3O3. The fourth-order valence-corrected chi connectivity index (χ4v) is 3.58. The van der Waals surface area contributed by atoms with Crippen molar-refractivity contribution < 1.29 is 14.0 Å². The van der Waals surface area contributed by atoms with E-state index in [1.165, 1.54) is 11.1 Å². The molecule has 24 heavy (non-hydrogen) atoms. The van der Waals surface area contributed by atoms with Crippen LogP contribution in [0.1, 0.15) is 16.9 Å². The Labute approximate surface area is 140 Å². The van der Waals surface area contributed by atoms with Crippen molar-refractivity contribution in [3.05, 3.63) is 35.1 Å². The zero-order valence-corrected chi connectivity index (χ0v) is 14.0. The Kier molecular flexibility index (Phi) is 3.57. The number of carbonyl (C=O) groups is 2. The molecule has 2 aliphatic rings. The molecule has 0 radical (unpaired) electrons. The van der Waals surface area contributed by atoms with Crippen molar-refractivity contribution in [1.82, 2.24) is 15.1 Å². The van der Waals surface area contributed by atoms with E-state index < -0.39 is 11.8 Å². The number of amides is 2. The molecule has 0 bridgehead atoms. The summed E-state index contributed by atoms with van der Waals surface area (Å²) in [4.78, 5) is 27.3. The second kappa shape index (κ2) is 5.63. The van der Waals surface area contributed by atoms with Crippen LogP contribution in [0.2, 0.25) is 0 Å². The molecule has 0 spiro atoms. The summed E-state index contributed by atoms with van der Waals surface area (Å²) in [6.45, 7) is 7.54. The van der Waals surface area contributed by atoms with Crippen molar-refractivity contribution in [3.63, 3.8) is 0 Å². The third-order valence-electron chi connectivity index (χ3n) is 5.08. The third kappa shape index (κ3) is 2.57. The van der Waals surface area contributed by atoms with E-state index in [9.17, 15) is 9.59 Å². The molecule has 0 unspecified atom stereocenters. The summed E-state index contributed by atoms with van der Waals surface area (Å²) in [6.07, 6.45) is 0. The number of nitrogens with one attached hydrogen (secondary N) is 1. The Balaban J connectivity index is 1.48. The van der Waals surface area contributed by atoms with Crippen LogP contribution in [0.4, 0.5) is 0 Å². The SMILES string of the molecule is Cc1cc2cc(CN3CCN4C(=O)C(=O)NC[C@@H]4C3)oc2cc1C. The van der Waals surface area contributed by atoms with Crippen molar-refractivity contribution in [3.8, 4) is 0 Å². The highest BCUT2D eigenvalue weighted by Gasteiger charge is 2.37. The van der Waals surface area contributed by atoms with Crippen molar-refractivity contribution in [2.75, 3.05) is 26.2 Å². The molecule has 1 N–H and O–H groups in total. The van der Waals surface area contributed by atoms with E-state index in [-0.39, 0.29) is 6.04 Å². The molecule has 2 amide bonds. The van der Waals surface area contributed by atoms with Crippen LogP contribution in [0.3, 0.4) is 0 Å². The summed E-state index contributed by atoms with van der Waals surface area (Å²) in [5.41, 5.74) is 3.42. The molecule has 2 fully saturated rings. The van der Waals surface area contributed by atoms with Crippen LogP contribution in [-0.2, 0) is 16.1 Å². The van der Waals surface area contributed by atoms with Gasteiger partial charge in [-0.15, -0.1) is 0 Å². The Bertz CT molecular complexity index is 787. The van der Waals surface area contributed by atoms with Crippen molar-refractivity contribution in [2.24, 2.45) is 0 Å². The van der Waals surface area contributed by atoms with Crippen LogP contribution in [0.25, 0.3) is 11.0 Å². The highest BCUT2D eigenvalue weighted by Crippen LogP contribution is 2.25. The van der Waals surface area contributed by atoms with Gasteiger partial charge >= 0.3 is 11.8 Å². The number of hydrogen-bond acceptors (Lipinski definition) is 4. The van der Waals surface area contributed by atoms with Gasteiger partial charge in [-0.1, -0.05) is 0 Å². The topological polar surface area (TPSA) is 65.8 Å². The van der Waals surface area contributed by atoms with Crippen molar-refractivity contribution >= 4 is 22.8 Å². The van der Waals surface area contributed by atoms with Gasteiger partial charge in [0.15, 0.2) is 0 Å². The molecule has 1 aromatic carbocycles. The quantitative estimate of drug-likeness (QED) is 0.842. The van der Waals surface area contributed by atoms with E-state index in [2.05, 4.69) is 42.3 Å². The van der Waals surface area contributed by atoms with Crippen LogP contribution >= 0.6 is 0 Å². The Hall–Kier alpha value is -2.34. The molecular weight excluding hydrogens is 306 g/mol. The van der Waals surface area contributed by atoms with Gasteiger partial charge in [0.25, 0.3) is 0 Å². The summed E-state index contributed by atoms with van der Waals surface area (Å²) in [7, 11) is 0. The lowest BCUT2D eigenvalue weighted by molar-refractivity contribution is -0.152. The van der Waals surface area contributed by atoms with E-state index >= 15 is 0 Å². The Morgan fingerprint density at radius 2 is 1.96 bits per heavy atom. The Morgan fingerprint density at radius 3 is 2.79 bits per heavy atom. The zero-order chi connectivity index (χ0) is 16.8. The van der Waals surface area contributed by atoms with Crippen LogP contribution in [-0.4, -0.2) is 53.8 Å². The fraction of sp³-hybridized carbons (Fsp3) is 0.444. The first-order chi connectivity index (χ1) is 11.5. The molecule has 2 saturated heterocycles. The summed E-state index contributed by atoms with van der Waals surface area (Å²) in [5, 5.41) is 3.80. The predicted octanol–water partition coefficient (Wildman–Crippen LogP) is 1.19. The van der Waals surface area contributed by atoms with Gasteiger partial charge < -0.3 is 14.6 Å². The second-order valence-electron chi connectivity index (χ2n) is 6.78.